The van der Waals surface area contributed by atoms with Gasteiger partial charge < -0.3 is 14.4 Å². The topological polar surface area (TPSA) is 90.0 Å². The number of rotatable bonds is 6. The van der Waals surface area contributed by atoms with E-state index in [4.69, 9.17) is 9.47 Å². The summed E-state index contributed by atoms with van der Waals surface area (Å²) in [5.41, 5.74) is 0.115. The number of halogens is 1. The highest BCUT2D eigenvalue weighted by Crippen LogP contribution is 2.45. The summed E-state index contributed by atoms with van der Waals surface area (Å²) in [5.74, 6) is -0.301. The molecule has 1 spiro atoms. The molecule has 2 heterocycles. The molecular weight excluding hydrogens is 425 g/mol. The van der Waals surface area contributed by atoms with Crippen molar-refractivity contribution in [2.45, 2.75) is 55.9 Å². The molecule has 31 heavy (non-hydrogen) atoms. The van der Waals surface area contributed by atoms with Crippen LogP contribution in [0.25, 0.3) is 0 Å². The number of cyclic esters (lactones) is 1. The summed E-state index contributed by atoms with van der Waals surface area (Å²) in [6.45, 7) is 1.90. The number of sulfone groups is 1. The van der Waals surface area contributed by atoms with Crippen molar-refractivity contribution in [3.05, 3.63) is 24.0 Å². The second-order valence-electron chi connectivity index (χ2n) is 9.22. The molecule has 3 aliphatic rings. The van der Waals surface area contributed by atoms with Crippen LogP contribution in [0.4, 0.5) is 4.39 Å². The van der Waals surface area contributed by atoms with E-state index in [1.807, 2.05) is 4.90 Å². The first-order valence-electron chi connectivity index (χ1n) is 10.7. The van der Waals surface area contributed by atoms with Crippen LogP contribution in [0.3, 0.4) is 0 Å². The van der Waals surface area contributed by atoms with Crippen LogP contribution in [-0.2, 0) is 24.2 Å². The SMILES string of the molecule is CS(=O)(=O)c1cc(F)ccc1OC1CCC2(CC1)CN(C(=O)CC[C@@H]1COC(=O)C1)C2. The zero-order chi connectivity index (χ0) is 22.2. The van der Waals surface area contributed by atoms with Gasteiger partial charge in [-0.05, 0) is 50.3 Å². The van der Waals surface area contributed by atoms with Crippen LogP contribution >= 0.6 is 0 Å². The quantitative estimate of drug-likeness (QED) is 0.616. The standard InChI is InChI=1S/C22H28FNO6S/c1-31(27,28)19-11-16(23)3-4-18(19)30-17-6-8-22(9-7-17)13-24(14-22)20(25)5-2-15-10-21(26)29-12-15/h3-4,11,15,17H,2,5-10,12-14H2,1H3/t15-/m0/s1. The summed E-state index contributed by atoms with van der Waals surface area (Å²) < 4.78 is 48.3. The number of carbonyl (C=O) groups is 2. The summed E-state index contributed by atoms with van der Waals surface area (Å²) in [5, 5.41) is 0. The lowest BCUT2D eigenvalue weighted by Gasteiger charge is -2.53. The molecule has 1 aromatic rings. The van der Waals surface area contributed by atoms with Crippen LogP contribution in [-0.4, -0.2) is 57.3 Å². The molecule has 9 heteroatoms. The Labute approximate surface area is 181 Å². The Hall–Kier alpha value is -2.16. The predicted molar refractivity (Wildman–Crippen MR) is 110 cm³/mol. The number of amides is 1. The smallest absolute Gasteiger partial charge is 0.306 e. The summed E-state index contributed by atoms with van der Waals surface area (Å²) >= 11 is 0. The van der Waals surface area contributed by atoms with Crippen molar-refractivity contribution in [2.24, 2.45) is 11.3 Å². The Kier molecular flexibility index (Phi) is 5.98. The first kappa shape index (κ1) is 22.0. The fourth-order valence-electron chi connectivity index (χ4n) is 4.86. The van der Waals surface area contributed by atoms with Gasteiger partial charge in [-0.3, -0.25) is 9.59 Å². The Bertz CT molecular complexity index is 962. The first-order valence-corrected chi connectivity index (χ1v) is 12.6. The number of esters is 1. The maximum absolute atomic E-state index is 13.5. The van der Waals surface area contributed by atoms with E-state index in [1.54, 1.807) is 0 Å². The number of carbonyl (C=O) groups excluding carboxylic acids is 2. The third-order valence-electron chi connectivity index (χ3n) is 6.70. The normalized spacial score (nSPS) is 23.5. The van der Waals surface area contributed by atoms with Gasteiger partial charge in [-0.2, -0.15) is 0 Å². The fourth-order valence-corrected chi connectivity index (χ4v) is 5.67. The second kappa shape index (κ2) is 8.41. The first-order chi connectivity index (χ1) is 14.6. The minimum Gasteiger partial charge on any atom is -0.489 e. The number of benzene rings is 1. The molecule has 170 valence electrons. The molecule has 0 bridgehead atoms. The third kappa shape index (κ3) is 5.02. The molecule has 0 N–H and O–H groups in total. The van der Waals surface area contributed by atoms with Crippen LogP contribution in [0.5, 0.6) is 5.75 Å². The second-order valence-corrected chi connectivity index (χ2v) is 11.2. The number of hydrogen-bond donors (Lipinski definition) is 0. The minimum absolute atomic E-state index is 0.115. The molecule has 1 saturated carbocycles. The molecule has 2 aliphatic heterocycles. The maximum atomic E-state index is 13.5. The molecule has 7 nitrogen and oxygen atoms in total. The number of likely N-dealkylation sites (tertiary alicyclic amines) is 1. The van der Waals surface area contributed by atoms with Crippen molar-refractivity contribution in [1.29, 1.82) is 0 Å². The Morgan fingerprint density at radius 3 is 2.61 bits per heavy atom. The van der Waals surface area contributed by atoms with E-state index < -0.39 is 15.7 Å². The van der Waals surface area contributed by atoms with Gasteiger partial charge in [-0.1, -0.05) is 0 Å². The summed E-state index contributed by atoms with van der Waals surface area (Å²) in [6.07, 6.45) is 5.81. The number of ether oxygens (including phenoxy) is 2. The molecule has 1 aromatic carbocycles. The van der Waals surface area contributed by atoms with Crippen molar-refractivity contribution in [3.8, 4) is 5.75 Å². The highest BCUT2D eigenvalue weighted by atomic mass is 32.2. The monoisotopic (exact) mass is 453 g/mol. The molecule has 2 saturated heterocycles. The predicted octanol–water partition coefficient (Wildman–Crippen LogP) is 2.72. The highest BCUT2D eigenvalue weighted by Gasteiger charge is 2.47. The molecule has 4 rings (SSSR count). The van der Waals surface area contributed by atoms with E-state index in [2.05, 4.69) is 0 Å². The number of hydrogen-bond acceptors (Lipinski definition) is 6. The average molecular weight is 454 g/mol. The van der Waals surface area contributed by atoms with E-state index in [0.717, 1.165) is 51.1 Å². The van der Waals surface area contributed by atoms with Gasteiger partial charge in [0.25, 0.3) is 0 Å². The van der Waals surface area contributed by atoms with Crippen LogP contribution in [0.1, 0.15) is 44.9 Å². The Morgan fingerprint density at radius 1 is 1.29 bits per heavy atom. The van der Waals surface area contributed by atoms with Crippen molar-refractivity contribution >= 4 is 21.7 Å². The summed E-state index contributed by atoms with van der Waals surface area (Å²) in [4.78, 5) is 25.4. The van der Waals surface area contributed by atoms with E-state index in [9.17, 15) is 22.4 Å². The third-order valence-corrected chi connectivity index (χ3v) is 7.82. The van der Waals surface area contributed by atoms with Gasteiger partial charge in [-0.15, -0.1) is 0 Å². The fraction of sp³-hybridized carbons (Fsp3) is 0.636. The van der Waals surface area contributed by atoms with Gasteiger partial charge >= 0.3 is 5.97 Å². The lowest BCUT2D eigenvalue weighted by atomic mass is 9.68. The van der Waals surface area contributed by atoms with Crippen molar-refractivity contribution in [3.63, 3.8) is 0 Å². The lowest BCUT2D eigenvalue weighted by molar-refractivity contribution is -0.147. The average Bonchev–Trinajstić information content (AvgIpc) is 3.11. The van der Waals surface area contributed by atoms with Gasteiger partial charge in [0.1, 0.15) is 16.5 Å². The zero-order valence-electron chi connectivity index (χ0n) is 17.6. The molecule has 1 amide bonds. The van der Waals surface area contributed by atoms with Gasteiger partial charge in [0.05, 0.1) is 19.1 Å². The summed E-state index contributed by atoms with van der Waals surface area (Å²) in [7, 11) is -3.59. The van der Waals surface area contributed by atoms with Crippen LogP contribution in [0.2, 0.25) is 0 Å². The molecule has 1 aliphatic carbocycles. The van der Waals surface area contributed by atoms with E-state index >= 15 is 0 Å². The van der Waals surface area contributed by atoms with Gasteiger partial charge in [-0.25, -0.2) is 12.8 Å². The van der Waals surface area contributed by atoms with E-state index in [0.29, 0.717) is 25.9 Å². The van der Waals surface area contributed by atoms with Crippen LogP contribution in [0.15, 0.2) is 23.1 Å². The molecular formula is C22H28FNO6S. The molecule has 0 aromatic heterocycles. The highest BCUT2D eigenvalue weighted by molar-refractivity contribution is 7.90. The van der Waals surface area contributed by atoms with E-state index in [-0.39, 0.29) is 40.0 Å². The minimum atomic E-state index is -3.59. The number of nitrogens with zero attached hydrogens (tertiary/aromatic N) is 1. The summed E-state index contributed by atoms with van der Waals surface area (Å²) in [6, 6.07) is 3.58. The largest absolute Gasteiger partial charge is 0.489 e. The van der Waals surface area contributed by atoms with E-state index in [1.165, 1.54) is 12.1 Å². The molecule has 0 radical (unpaired) electrons. The van der Waals surface area contributed by atoms with Crippen LogP contribution < -0.4 is 4.74 Å². The molecule has 1 atom stereocenters. The van der Waals surface area contributed by atoms with Crippen molar-refractivity contribution in [2.75, 3.05) is 26.0 Å². The maximum Gasteiger partial charge on any atom is 0.306 e. The van der Waals surface area contributed by atoms with Gasteiger partial charge in [0, 0.05) is 37.1 Å². The van der Waals surface area contributed by atoms with Gasteiger partial charge in [0.15, 0.2) is 9.84 Å². The zero-order valence-corrected chi connectivity index (χ0v) is 18.5. The molecule has 3 fully saturated rings. The van der Waals surface area contributed by atoms with Crippen molar-refractivity contribution < 1.29 is 31.9 Å². The van der Waals surface area contributed by atoms with Crippen LogP contribution in [0, 0.1) is 17.2 Å². The van der Waals surface area contributed by atoms with Crippen molar-refractivity contribution in [1.82, 2.24) is 4.90 Å². The lowest BCUT2D eigenvalue weighted by Crippen LogP contribution is -2.60. The van der Waals surface area contributed by atoms with Gasteiger partial charge in [0.2, 0.25) is 5.91 Å². The Balaban J connectivity index is 1.25. The Morgan fingerprint density at radius 2 is 2.00 bits per heavy atom. The molecule has 0 unspecified atom stereocenters.